The lowest BCUT2D eigenvalue weighted by Crippen LogP contribution is -2.60. The summed E-state index contributed by atoms with van der Waals surface area (Å²) in [4.78, 5) is 74.7. The van der Waals surface area contributed by atoms with Crippen LogP contribution in [-0.4, -0.2) is 187 Å². The van der Waals surface area contributed by atoms with Gasteiger partial charge in [0.2, 0.25) is 17.7 Å². The number of likely N-dealkylation sites (N-methyl/N-ethyl adjacent to an activating group) is 1. The van der Waals surface area contributed by atoms with Gasteiger partial charge in [0.05, 0.1) is 86.4 Å². The molecule has 2 N–H and O–H groups in total. The number of carbonyl (C=O) groups is 5. The highest BCUT2D eigenvalue weighted by molar-refractivity contribution is 7.94. The van der Waals surface area contributed by atoms with Crippen molar-refractivity contribution >= 4 is 49.1 Å². The molecular weight excluding hydrogens is 957 g/mol. The second-order valence-electron chi connectivity index (χ2n) is 20.0. The van der Waals surface area contributed by atoms with E-state index in [0.29, 0.717) is 25.8 Å². The van der Waals surface area contributed by atoms with Crippen molar-refractivity contribution < 1.29 is 64.9 Å². The number of hydrogen-bond donors (Lipinski definition) is 2. The minimum atomic E-state index is -3.56. The monoisotopic (exact) mass is 1040 g/mol. The topological polar surface area (TPSA) is 233 Å². The molecule has 3 aliphatic rings. The van der Waals surface area contributed by atoms with E-state index in [1.807, 2.05) is 62.9 Å². The number of benzene rings is 1. The van der Waals surface area contributed by atoms with Gasteiger partial charge in [-0.25, -0.2) is 16.8 Å². The first-order chi connectivity index (χ1) is 33.6. The summed E-state index contributed by atoms with van der Waals surface area (Å²) in [5.41, 5.74) is 0.822. The van der Waals surface area contributed by atoms with Gasteiger partial charge in [0.25, 0.3) is 0 Å². The number of nitrogens with zero attached hydrogens (tertiary/aromatic N) is 3. The summed E-state index contributed by atoms with van der Waals surface area (Å²) in [5, 5.41) is 14.0. The molecule has 4 rings (SSSR count). The standard InChI is InChI=1S/C51H82N4O14S2/c1-10-35(5)46(43(66-8)33-44(57)55-21-15-18-41(55)48(67-9)36(6)42(56)32-39(51(60)61)30-37-16-13-12-14-17-37)53(7)50(59)45(34(3)4)52-49(58)47-38-19-20-40(31-38)54(47)22-27-71(64,65)29-26-69-24-23-68-25-28-70(62,63)11-2/h11-14,16-17,34-36,38-41,43,45-48H,2,10,15,18-33H2,1,3-9H3,(H,52,58)(H,60,61)/t35-,36-,38-,39+,40-,41-,43+,45-,46-,47?,48+/m0/s1. The summed E-state index contributed by atoms with van der Waals surface area (Å²) in [6.07, 6.45) is 2.90. The SMILES string of the molecule is C=CS(=O)(=O)CCOCCOCCS(=O)(=O)CCN1C(C(=O)N[C@H](C(=O)N(C)[C@@H]([C@@H](C)CC)[C@@H](CC(=O)N2CCC[C@H]2[C@H](OC)[C@@H](C)C(=O)C[C@@H](Cc2ccccc2)C(=O)O)OC)C(C)C)[C@H]2CC[C@H]1C2. The molecule has 20 heteroatoms. The van der Waals surface area contributed by atoms with Crippen molar-refractivity contribution in [2.24, 2.45) is 29.6 Å². The van der Waals surface area contributed by atoms with Crippen LogP contribution in [0.5, 0.6) is 0 Å². The Morgan fingerprint density at radius 1 is 0.901 bits per heavy atom. The number of carboxylic acid groups (broad SMARTS) is 1. The molecule has 2 bridgehead atoms. The van der Waals surface area contributed by atoms with E-state index in [9.17, 15) is 45.9 Å². The zero-order chi connectivity index (χ0) is 52.6. The van der Waals surface area contributed by atoms with Gasteiger partial charge >= 0.3 is 5.97 Å². The van der Waals surface area contributed by atoms with Gasteiger partial charge in [-0.3, -0.25) is 28.9 Å². The van der Waals surface area contributed by atoms with E-state index in [2.05, 4.69) is 11.9 Å². The van der Waals surface area contributed by atoms with E-state index in [0.717, 1.165) is 30.2 Å². The van der Waals surface area contributed by atoms with Crippen LogP contribution in [0.15, 0.2) is 42.3 Å². The van der Waals surface area contributed by atoms with E-state index in [-0.39, 0.29) is 117 Å². The van der Waals surface area contributed by atoms with Crippen LogP contribution >= 0.6 is 0 Å². The Bertz CT molecular complexity index is 2140. The van der Waals surface area contributed by atoms with Crippen LogP contribution in [0, 0.1) is 29.6 Å². The summed E-state index contributed by atoms with van der Waals surface area (Å²) in [7, 11) is -2.24. The van der Waals surface area contributed by atoms with Crippen molar-refractivity contribution in [1.82, 2.24) is 20.0 Å². The molecule has 11 atom stereocenters. The fourth-order valence-corrected chi connectivity index (χ4v) is 12.3. The third kappa shape index (κ3) is 16.9. The van der Waals surface area contributed by atoms with E-state index < -0.39 is 73.9 Å². The number of hydrogen-bond acceptors (Lipinski definition) is 14. The third-order valence-corrected chi connectivity index (χ3v) is 17.9. The smallest absolute Gasteiger partial charge is 0.307 e. The maximum atomic E-state index is 14.7. The molecule has 71 heavy (non-hydrogen) atoms. The average Bonchev–Trinajstić information content (AvgIpc) is 4.11. The second kappa shape index (κ2) is 28.0. The van der Waals surface area contributed by atoms with Gasteiger partial charge in [0.1, 0.15) is 11.8 Å². The predicted molar refractivity (Wildman–Crippen MR) is 270 cm³/mol. The van der Waals surface area contributed by atoms with Gasteiger partial charge in [0.15, 0.2) is 19.7 Å². The number of methoxy groups -OCH3 is 2. The van der Waals surface area contributed by atoms with Gasteiger partial charge in [0, 0.05) is 58.1 Å². The molecular formula is C51H82N4O14S2. The lowest BCUT2D eigenvalue weighted by Gasteiger charge is -2.41. The molecule has 1 aromatic rings. The van der Waals surface area contributed by atoms with Crippen LogP contribution in [0.1, 0.15) is 91.5 Å². The maximum absolute atomic E-state index is 14.7. The van der Waals surface area contributed by atoms with Gasteiger partial charge in [-0.2, -0.15) is 0 Å². The van der Waals surface area contributed by atoms with Crippen molar-refractivity contribution in [3.05, 3.63) is 47.9 Å². The molecule has 0 radical (unpaired) electrons. The zero-order valence-electron chi connectivity index (χ0n) is 43.2. The highest BCUT2D eigenvalue weighted by Gasteiger charge is 2.50. The number of piperidine rings is 1. The quantitative estimate of drug-likeness (QED) is 0.0954. The maximum Gasteiger partial charge on any atom is 0.307 e. The average molecular weight is 1040 g/mol. The number of likely N-dealkylation sites (tertiary alicyclic amines) is 2. The Morgan fingerprint density at radius 2 is 1.56 bits per heavy atom. The predicted octanol–water partition coefficient (Wildman–Crippen LogP) is 3.81. The molecule has 0 aromatic heterocycles. The highest BCUT2D eigenvalue weighted by atomic mass is 32.2. The molecule has 3 amide bonds. The number of amides is 3. The first kappa shape index (κ1) is 59.8. The number of Topliss-reactive ketones (excluding diaryl/α,β-unsaturated/α-hetero) is 1. The Balaban J connectivity index is 1.39. The lowest BCUT2D eigenvalue weighted by molar-refractivity contribution is -0.148. The molecule has 2 heterocycles. The van der Waals surface area contributed by atoms with E-state index in [1.165, 1.54) is 14.2 Å². The van der Waals surface area contributed by atoms with Crippen LogP contribution in [-0.2, 0) is 69.0 Å². The number of nitrogens with one attached hydrogen (secondary N) is 1. The van der Waals surface area contributed by atoms with Crippen LogP contribution < -0.4 is 5.32 Å². The number of ether oxygens (including phenoxy) is 4. The summed E-state index contributed by atoms with van der Waals surface area (Å²) < 4.78 is 72.0. The number of carbonyl (C=O) groups excluding carboxylic acids is 4. The van der Waals surface area contributed by atoms with Crippen molar-refractivity contribution in [2.45, 2.75) is 135 Å². The van der Waals surface area contributed by atoms with Gasteiger partial charge in [-0.1, -0.05) is 78.0 Å². The molecule has 2 aliphatic heterocycles. The summed E-state index contributed by atoms with van der Waals surface area (Å²) in [6, 6.07) is 6.68. The third-order valence-electron chi connectivity index (χ3n) is 15.0. The van der Waals surface area contributed by atoms with Crippen LogP contribution in [0.4, 0.5) is 0 Å². The Morgan fingerprint density at radius 3 is 2.15 bits per heavy atom. The molecule has 1 unspecified atom stereocenters. The molecule has 0 spiro atoms. The van der Waals surface area contributed by atoms with E-state index in [1.54, 1.807) is 23.8 Å². The first-order valence-corrected chi connectivity index (χ1v) is 28.8. The molecule has 1 aliphatic carbocycles. The zero-order valence-corrected chi connectivity index (χ0v) is 44.9. The molecule has 18 nitrogen and oxygen atoms in total. The first-order valence-electron chi connectivity index (χ1n) is 25.3. The van der Waals surface area contributed by atoms with E-state index >= 15 is 0 Å². The number of sulfone groups is 2. The highest BCUT2D eigenvalue weighted by Crippen LogP contribution is 2.42. The number of rotatable bonds is 33. The molecule has 402 valence electrons. The minimum absolute atomic E-state index is 0.0134. The Kier molecular flexibility index (Phi) is 23.6. The molecule has 1 saturated carbocycles. The second-order valence-corrected chi connectivity index (χ2v) is 24.4. The minimum Gasteiger partial charge on any atom is -0.481 e. The van der Waals surface area contributed by atoms with Crippen molar-refractivity contribution in [3.8, 4) is 0 Å². The van der Waals surface area contributed by atoms with Crippen molar-refractivity contribution in [1.29, 1.82) is 0 Å². The number of fused-ring (bicyclic) bond motifs is 2. The molecule has 2 saturated heterocycles. The van der Waals surface area contributed by atoms with E-state index in [4.69, 9.17) is 18.9 Å². The van der Waals surface area contributed by atoms with Gasteiger partial charge in [-0.15, -0.1) is 0 Å². The summed E-state index contributed by atoms with van der Waals surface area (Å²) in [6.45, 7) is 13.4. The fraction of sp³-hybridized carbons (Fsp3) is 0.745. The van der Waals surface area contributed by atoms with Crippen molar-refractivity contribution in [3.63, 3.8) is 0 Å². The van der Waals surface area contributed by atoms with Crippen LogP contribution in [0.2, 0.25) is 0 Å². The number of ketones is 1. The molecule has 1 aromatic carbocycles. The summed E-state index contributed by atoms with van der Waals surface area (Å²) >= 11 is 0. The molecule has 3 fully saturated rings. The fourth-order valence-electron chi connectivity index (χ4n) is 10.8. The Labute approximate surface area is 422 Å². The normalized spacial score (nSPS) is 22.4. The number of carboxylic acids is 1. The van der Waals surface area contributed by atoms with Gasteiger partial charge < -0.3 is 39.2 Å². The van der Waals surface area contributed by atoms with Gasteiger partial charge in [-0.05, 0) is 61.8 Å². The Hall–Kier alpha value is -3.79. The van der Waals surface area contributed by atoms with Crippen molar-refractivity contribution in [2.75, 3.05) is 78.0 Å². The number of aliphatic carboxylic acids is 1. The van der Waals surface area contributed by atoms with Crippen LogP contribution in [0.25, 0.3) is 0 Å². The van der Waals surface area contributed by atoms with Crippen LogP contribution in [0.3, 0.4) is 0 Å². The lowest BCUT2D eigenvalue weighted by atomic mass is 9.85. The largest absolute Gasteiger partial charge is 0.481 e. The summed E-state index contributed by atoms with van der Waals surface area (Å²) in [5.74, 6) is -4.83.